The van der Waals surface area contributed by atoms with Crippen molar-refractivity contribution in [2.24, 2.45) is 17.6 Å². The Morgan fingerprint density at radius 1 is 1.23 bits per heavy atom. The first kappa shape index (κ1) is 19.4. The van der Waals surface area contributed by atoms with Crippen LogP contribution in [-0.2, 0) is 0 Å². The Labute approximate surface area is 175 Å². The van der Waals surface area contributed by atoms with E-state index in [2.05, 4.69) is 0 Å². The summed E-state index contributed by atoms with van der Waals surface area (Å²) >= 11 is 0. The van der Waals surface area contributed by atoms with E-state index in [1.807, 2.05) is 4.90 Å². The summed E-state index contributed by atoms with van der Waals surface area (Å²) in [5, 5.41) is 19.1. The van der Waals surface area contributed by atoms with Gasteiger partial charge in [0.1, 0.15) is 22.5 Å². The number of carboxylic acid groups (broad SMARTS) is 1. The number of nitrogens with zero attached hydrogens (tertiary/aromatic N) is 2. The summed E-state index contributed by atoms with van der Waals surface area (Å²) in [6.45, 7) is 1.17. The number of halogens is 1. The van der Waals surface area contributed by atoms with Crippen molar-refractivity contribution in [2.75, 3.05) is 25.1 Å². The van der Waals surface area contributed by atoms with Gasteiger partial charge in [-0.15, -0.1) is 0 Å². The molecule has 8 nitrogen and oxygen atoms in total. The topological polar surface area (TPSA) is 118 Å². The number of hydrogen-bond acceptors (Lipinski definition) is 6. The van der Waals surface area contributed by atoms with Crippen LogP contribution >= 0.6 is 0 Å². The molecule has 160 valence electrons. The zero-order valence-electron chi connectivity index (χ0n) is 16.6. The molecule has 1 saturated carbocycles. The van der Waals surface area contributed by atoms with Crippen LogP contribution in [0.4, 0.5) is 10.1 Å². The number of methoxy groups -OCH3 is 1. The Morgan fingerprint density at radius 2 is 1.87 bits per heavy atom. The van der Waals surface area contributed by atoms with E-state index in [1.165, 1.54) is 30.0 Å². The molecule has 31 heavy (non-hydrogen) atoms. The molecular formula is C22H20FN3O5. The lowest BCUT2D eigenvalue weighted by atomic mass is 10.1. The maximum absolute atomic E-state index is 15.3. The summed E-state index contributed by atoms with van der Waals surface area (Å²) in [6.07, 6.45) is 1.20. The Kier molecular flexibility index (Phi) is 4.19. The number of fused-ring (bicyclic) bond motifs is 2. The summed E-state index contributed by atoms with van der Waals surface area (Å²) in [5.74, 6) is -1.31. The molecule has 1 aliphatic heterocycles. The van der Waals surface area contributed by atoms with Crippen LogP contribution in [-0.4, -0.2) is 47.0 Å². The third-order valence-corrected chi connectivity index (χ3v) is 6.31. The Morgan fingerprint density at radius 3 is 2.45 bits per heavy atom. The molecule has 2 aromatic carbocycles. The number of phenolic OH excluding ortho intramolecular Hbond substituents is 1. The number of piperidine rings is 1. The fraction of sp³-hybridized carbons (Fsp3) is 0.273. The van der Waals surface area contributed by atoms with Crippen molar-refractivity contribution in [1.29, 1.82) is 0 Å². The molecule has 4 N–H and O–H groups in total. The van der Waals surface area contributed by atoms with Gasteiger partial charge in [-0.05, 0) is 42.2 Å². The smallest absolute Gasteiger partial charge is 0.341 e. The van der Waals surface area contributed by atoms with Gasteiger partial charge >= 0.3 is 5.97 Å². The van der Waals surface area contributed by atoms with Crippen molar-refractivity contribution in [3.05, 3.63) is 58.1 Å². The van der Waals surface area contributed by atoms with Gasteiger partial charge in [-0.3, -0.25) is 4.79 Å². The molecule has 0 spiro atoms. The normalized spacial score (nSPS) is 21.9. The Balaban J connectivity index is 1.82. The highest BCUT2D eigenvalue weighted by Crippen LogP contribution is 2.49. The van der Waals surface area contributed by atoms with Crippen LogP contribution < -0.4 is 20.8 Å². The van der Waals surface area contributed by atoms with E-state index in [-0.39, 0.29) is 34.1 Å². The van der Waals surface area contributed by atoms with Crippen LogP contribution in [0.25, 0.3) is 16.6 Å². The molecular weight excluding hydrogens is 405 g/mol. The summed E-state index contributed by atoms with van der Waals surface area (Å²) in [7, 11) is 1.39. The van der Waals surface area contributed by atoms with Gasteiger partial charge in [0, 0.05) is 31.0 Å². The van der Waals surface area contributed by atoms with E-state index < -0.39 is 22.8 Å². The standard InChI is InChI=1S/C22H20FN3O5/c1-31-21-18-12(6-16(23)19(21)25-7-13-14(8-25)17(13)24)20(28)15(22(29)30)9-26(18)10-2-4-11(27)5-3-10/h2-6,9,13-14,17,27H,7-8,24H2,1H3,(H,29,30)/t13-,14+,17?. The van der Waals surface area contributed by atoms with Gasteiger partial charge in [0.15, 0.2) is 11.6 Å². The lowest BCUT2D eigenvalue weighted by Gasteiger charge is -2.26. The zero-order valence-corrected chi connectivity index (χ0v) is 16.6. The number of phenols is 1. The molecule has 3 atom stereocenters. The van der Waals surface area contributed by atoms with Gasteiger partial charge in [-0.1, -0.05) is 0 Å². The molecule has 1 aliphatic carbocycles. The highest BCUT2D eigenvalue weighted by molar-refractivity contribution is 5.97. The van der Waals surface area contributed by atoms with Crippen LogP contribution in [0.5, 0.6) is 11.5 Å². The van der Waals surface area contributed by atoms with Crippen LogP contribution in [0.15, 0.2) is 41.3 Å². The van der Waals surface area contributed by atoms with Crippen LogP contribution in [0, 0.1) is 17.7 Å². The van der Waals surface area contributed by atoms with Gasteiger partial charge in [0.05, 0.1) is 12.5 Å². The summed E-state index contributed by atoms with van der Waals surface area (Å²) in [4.78, 5) is 26.4. The van der Waals surface area contributed by atoms with Crippen molar-refractivity contribution < 1.29 is 24.1 Å². The first-order chi connectivity index (χ1) is 14.8. The largest absolute Gasteiger partial charge is 0.508 e. The van der Waals surface area contributed by atoms with Gasteiger partial charge in [-0.25, -0.2) is 9.18 Å². The number of pyridine rings is 1. The van der Waals surface area contributed by atoms with E-state index in [9.17, 15) is 19.8 Å². The quantitative estimate of drug-likeness (QED) is 0.585. The fourth-order valence-electron chi connectivity index (χ4n) is 4.63. The molecule has 1 saturated heterocycles. The number of hydrogen-bond donors (Lipinski definition) is 3. The number of carboxylic acids is 1. The first-order valence-electron chi connectivity index (χ1n) is 9.81. The molecule has 0 bridgehead atoms. The molecule has 0 radical (unpaired) electrons. The lowest BCUT2D eigenvalue weighted by Crippen LogP contribution is -2.29. The second-order valence-corrected chi connectivity index (χ2v) is 8.01. The molecule has 1 aromatic heterocycles. The predicted octanol–water partition coefficient (Wildman–Crippen LogP) is 1.94. The minimum Gasteiger partial charge on any atom is -0.508 e. The molecule has 9 heteroatoms. The number of benzene rings is 2. The molecule has 1 unspecified atom stereocenters. The van der Waals surface area contributed by atoms with E-state index in [4.69, 9.17) is 10.5 Å². The molecule has 0 amide bonds. The Bertz CT molecular complexity index is 1280. The predicted molar refractivity (Wildman–Crippen MR) is 112 cm³/mol. The number of anilines is 1. The van der Waals surface area contributed by atoms with Crippen molar-refractivity contribution in [3.63, 3.8) is 0 Å². The first-order valence-corrected chi connectivity index (χ1v) is 9.81. The summed E-state index contributed by atoms with van der Waals surface area (Å²) < 4.78 is 22.4. The van der Waals surface area contributed by atoms with E-state index >= 15 is 4.39 Å². The number of nitrogens with two attached hydrogens (primary N) is 1. The monoisotopic (exact) mass is 425 g/mol. The second-order valence-electron chi connectivity index (χ2n) is 8.01. The molecule has 2 heterocycles. The van der Waals surface area contributed by atoms with Crippen molar-refractivity contribution >= 4 is 22.6 Å². The number of aromatic nitrogens is 1. The van der Waals surface area contributed by atoms with Crippen LogP contribution in [0.3, 0.4) is 0 Å². The molecule has 5 rings (SSSR count). The SMILES string of the molecule is COc1c(N2C[C@@H]3C(N)[C@@H]3C2)c(F)cc2c(=O)c(C(=O)O)cn(-c3ccc(O)cc3)c12. The maximum atomic E-state index is 15.3. The van der Waals surface area contributed by atoms with E-state index in [0.717, 1.165) is 6.07 Å². The average Bonchev–Trinajstić information content (AvgIpc) is 3.13. The number of ether oxygens (including phenoxy) is 1. The lowest BCUT2D eigenvalue weighted by molar-refractivity contribution is 0.0695. The Hall–Kier alpha value is -3.59. The highest BCUT2D eigenvalue weighted by Gasteiger charge is 2.54. The maximum Gasteiger partial charge on any atom is 0.341 e. The van der Waals surface area contributed by atoms with Gasteiger partial charge in [0.2, 0.25) is 5.43 Å². The minimum absolute atomic E-state index is 0.0267. The van der Waals surface area contributed by atoms with Crippen molar-refractivity contribution in [1.82, 2.24) is 4.57 Å². The minimum atomic E-state index is -1.42. The van der Waals surface area contributed by atoms with Gasteiger partial charge < -0.3 is 30.2 Å². The second kappa shape index (κ2) is 6.71. The summed E-state index contributed by atoms with van der Waals surface area (Å²) in [6, 6.07) is 7.20. The van der Waals surface area contributed by atoms with E-state index in [0.29, 0.717) is 30.6 Å². The number of aromatic carboxylic acids is 1. The van der Waals surface area contributed by atoms with Crippen LogP contribution in [0.1, 0.15) is 10.4 Å². The molecule has 3 aromatic rings. The highest BCUT2D eigenvalue weighted by atomic mass is 19.1. The fourth-order valence-corrected chi connectivity index (χ4v) is 4.63. The summed E-state index contributed by atoms with van der Waals surface area (Å²) in [5.41, 5.74) is 5.68. The van der Waals surface area contributed by atoms with E-state index in [1.54, 1.807) is 12.1 Å². The number of carbonyl (C=O) groups is 1. The molecule has 2 aliphatic rings. The van der Waals surface area contributed by atoms with Gasteiger partial charge in [-0.2, -0.15) is 0 Å². The van der Waals surface area contributed by atoms with Gasteiger partial charge in [0.25, 0.3) is 0 Å². The number of aromatic hydroxyl groups is 1. The third-order valence-electron chi connectivity index (χ3n) is 6.31. The third kappa shape index (κ3) is 2.84. The van der Waals surface area contributed by atoms with Crippen molar-refractivity contribution in [2.45, 2.75) is 6.04 Å². The molecule has 2 fully saturated rings. The zero-order chi connectivity index (χ0) is 22.0. The van der Waals surface area contributed by atoms with Crippen molar-refractivity contribution in [3.8, 4) is 17.2 Å². The average molecular weight is 425 g/mol. The van der Waals surface area contributed by atoms with Crippen LogP contribution in [0.2, 0.25) is 0 Å². The number of rotatable bonds is 4.